The molecule has 0 spiro atoms. The zero-order chi connectivity index (χ0) is 20.8. The van der Waals surface area contributed by atoms with Crippen LogP contribution in [-0.2, 0) is 20.1 Å². The fraction of sp³-hybridized carbons (Fsp3) is 0.522. The van der Waals surface area contributed by atoms with Gasteiger partial charge in [-0.3, -0.25) is 18.8 Å². The van der Waals surface area contributed by atoms with Crippen LogP contribution in [0.3, 0.4) is 0 Å². The van der Waals surface area contributed by atoms with Gasteiger partial charge in [-0.25, -0.2) is 14.3 Å². The number of hydrogen-bond acceptors (Lipinski definition) is 3. The van der Waals surface area contributed by atoms with Gasteiger partial charge in [-0.15, -0.1) is 0 Å². The molecule has 2 aromatic heterocycles. The van der Waals surface area contributed by atoms with Crippen molar-refractivity contribution in [3.63, 3.8) is 0 Å². The fourth-order valence-corrected chi connectivity index (χ4v) is 5.25. The van der Waals surface area contributed by atoms with Crippen LogP contribution in [0.2, 0.25) is 0 Å². The Morgan fingerprint density at radius 3 is 2.70 bits per heavy atom. The van der Waals surface area contributed by atoms with Crippen LogP contribution in [0, 0.1) is 6.92 Å². The van der Waals surface area contributed by atoms with Crippen LogP contribution < -0.4 is 20.7 Å². The first-order chi connectivity index (χ1) is 14.5. The maximum atomic E-state index is 13.5. The molecule has 1 aliphatic heterocycles. The average molecular weight is 409 g/mol. The normalized spacial score (nSPS) is 17.5. The molecule has 0 amide bonds. The number of rotatable bonds is 3. The van der Waals surface area contributed by atoms with Crippen LogP contribution in [0.5, 0.6) is 0 Å². The number of aromatic nitrogens is 4. The van der Waals surface area contributed by atoms with E-state index in [0.29, 0.717) is 17.2 Å². The molecule has 0 saturated heterocycles. The maximum absolute atomic E-state index is 13.5. The van der Waals surface area contributed by atoms with Crippen molar-refractivity contribution >= 4 is 17.1 Å². The second kappa shape index (κ2) is 7.45. The monoisotopic (exact) mass is 408 g/mol. The first-order valence-electron chi connectivity index (χ1n) is 11.1. The number of anilines is 1. The minimum absolute atomic E-state index is 0.206. The summed E-state index contributed by atoms with van der Waals surface area (Å²) in [5.74, 6) is 0.989. The second-order valence-electron chi connectivity index (χ2n) is 8.86. The topological polar surface area (TPSA) is 66.9 Å². The van der Waals surface area contributed by atoms with Gasteiger partial charge in [0.1, 0.15) is 0 Å². The third-order valence-corrected chi connectivity index (χ3v) is 6.77. The van der Waals surface area contributed by atoms with Gasteiger partial charge < -0.3 is 0 Å². The molecular weight excluding hydrogens is 378 g/mol. The molecule has 7 heteroatoms. The van der Waals surface area contributed by atoms with Crippen molar-refractivity contribution < 1.29 is 4.57 Å². The van der Waals surface area contributed by atoms with Crippen molar-refractivity contribution in [2.45, 2.75) is 64.6 Å². The van der Waals surface area contributed by atoms with E-state index in [1.807, 2.05) is 31.2 Å². The van der Waals surface area contributed by atoms with Gasteiger partial charge in [0.25, 0.3) is 5.56 Å². The summed E-state index contributed by atoms with van der Waals surface area (Å²) in [6.45, 7) is 4.11. The van der Waals surface area contributed by atoms with Crippen LogP contribution in [0.15, 0.2) is 33.9 Å². The van der Waals surface area contributed by atoms with Gasteiger partial charge in [-0.2, -0.15) is 0 Å². The highest BCUT2D eigenvalue weighted by atomic mass is 16.2. The van der Waals surface area contributed by atoms with Gasteiger partial charge in [0.15, 0.2) is 0 Å². The van der Waals surface area contributed by atoms with Crippen molar-refractivity contribution in [1.82, 2.24) is 14.1 Å². The summed E-state index contributed by atoms with van der Waals surface area (Å²) in [7, 11) is 1.75. The SMILES string of the molecule is Cc1cccc(Cn2c(=O)c3c([nH]c4[n+]3CCCN4C3CCCCC3)n(C)c2=O)c1. The Morgan fingerprint density at radius 1 is 1.13 bits per heavy atom. The van der Waals surface area contributed by atoms with Gasteiger partial charge in [0, 0.05) is 13.5 Å². The lowest BCUT2D eigenvalue weighted by Gasteiger charge is -2.32. The summed E-state index contributed by atoms with van der Waals surface area (Å²) >= 11 is 0. The summed E-state index contributed by atoms with van der Waals surface area (Å²) in [5, 5.41) is 0. The van der Waals surface area contributed by atoms with Gasteiger partial charge in [-0.05, 0) is 25.3 Å². The molecule has 0 atom stereocenters. The molecule has 1 saturated carbocycles. The summed E-state index contributed by atoms with van der Waals surface area (Å²) in [6, 6.07) is 8.50. The summed E-state index contributed by atoms with van der Waals surface area (Å²) < 4.78 is 5.08. The third kappa shape index (κ3) is 3.07. The van der Waals surface area contributed by atoms with E-state index in [4.69, 9.17) is 0 Å². The minimum Gasteiger partial charge on any atom is -0.267 e. The third-order valence-electron chi connectivity index (χ3n) is 6.77. The zero-order valence-corrected chi connectivity index (χ0v) is 17.9. The molecule has 1 fully saturated rings. The van der Waals surface area contributed by atoms with E-state index < -0.39 is 0 Å². The van der Waals surface area contributed by atoms with Gasteiger partial charge in [-0.1, -0.05) is 49.1 Å². The van der Waals surface area contributed by atoms with E-state index in [2.05, 4.69) is 14.5 Å². The van der Waals surface area contributed by atoms with E-state index in [-0.39, 0.29) is 17.8 Å². The molecule has 0 bridgehead atoms. The number of hydrogen-bond donors (Lipinski definition) is 1. The quantitative estimate of drug-likeness (QED) is 0.676. The molecule has 3 aromatic rings. The Hall–Kier alpha value is -2.83. The van der Waals surface area contributed by atoms with E-state index >= 15 is 0 Å². The van der Waals surface area contributed by atoms with Crippen LogP contribution in [0.4, 0.5) is 5.95 Å². The zero-order valence-electron chi connectivity index (χ0n) is 17.9. The predicted octanol–water partition coefficient (Wildman–Crippen LogP) is 2.22. The van der Waals surface area contributed by atoms with Crippen molar-refractivity contribution in [1.29, 1.82) is 0 Å². The summed E-state index contributed by atoms with van der Waals surface area (Å²) in [5.41, 5.74) is 2.84. The highest BCUT2D eigenvalue weighted by Gasteiger charge is 2.36. The molecule has 0 unspecified atom stereocenters. The van der Waals surface area contributed by atoms with Crippen molar-refractivity contribution in [2.75, 3.05) is 11.4 Å². The Labute approximate surface area is 175 Å². The highest BCUT2D eigenvalue weighted by Crippen LogP contribution is 2.27. The standard InChI is InChI=1S/C23H29N5O2/c1-16-8-6-9-17(14-16)15-28-21(29)19-20(25(2)23(28)30)24-22-26(12-7-13-27(19)22)18-10-4-3-5-11-18/h6,8-9,14,18H,3-5,7,10-13,15H2,1-2H3/p+1. The molecule has 158 valence electrons. The van der Waals surface area contributed by atoms with Crippen LogP contribution >= 0.6 is 0 Å². The fourth-order valence-electron chi connectivity index (χ4n) is 5.25. The minimum atomic E-state index is -0.280. The Kier molecular flexibility index (Phi) is 4.76. The number of fused-ring (bicyclic) bond motifs is 3. The molecule has 1 aliphatic carbocycles. The van der Waals surface area contributed by atoms with Crippen molar-refractivity contribution in [2.24, 2.45) is 7.05 Å². The molecule has 30 heavy (non-hydrogen) atoms. The Balaban J connectivity index is 1.65. The van der Waals surface area contributed by atoms with Gasteiger partial charge >= 0.3 is 11.6 Å². The predicted molar refractivity (Wildman–Crippen MR) is 117 cm³/mol. The van der Waals surface area contributed by atoms with E-state index in [9.17, 15) is 9.59 Å². The Bertz CT molecular complexity index is 1210. The first-order valence-corrected chi connectivity index (χ1v) is 11.1. The lowest BCUT2D eigenvalue weighted by Crippen LogP contribution is -2.53. The van der Waals surface area contributed by atoms with Crippen LogP contribution in [0.25, 0.3) is 11.2 Å². The van der Waals surface area contributed by atoms with E-state index in [1.165, 1.54) is 36.7 Å². The lowest BCUT2D eigenvalue weighted by atomic mass is 9.94. The molecule has 3 heterocycles. The number of aromatic amines is 1. The molecule has 0 radical (unpaired) electrons. The smallest absolute Gasteiger partial charge is 0.267 e. The molecule has 1 aromatic carbocycles. The number of aryl methyl sites for hydroxylation is 3. The van der Waals surface area contributed by atoms with E-state index in [1.54, 1.807) is 11.6 Å². The summed E-state index contributed by atoms with van der Waals surface area (Å²) in [6.07, 6.45) is 7.26. The maximum Gasteiger partial charge on any atom is 0.359 e. The van der Waals surface area contributed by atoms with Crippen molar-refractivity contribution in [3.05, 3.63) is 56.2 Å². The van der Waals surface area contributed by atoms with Gasteiger partial charge in [0.05, 0.1) is 25.7 Å². The molecule has 7 nitrogen and oxygen atoms in total. The van der Waals surface area contributed by atoms with E-state index in [0.717, 1.165) is 36.6 Å². The number of nitrogens with one attached hydrogen (secondary N) is 1. The largest absolute Gasteiger partial charge is 0.359 e. The lowest BCUT2D eigenvalue weighted by molar-refractivity contribution is -0.663. The molecule has 2 aliphatic rings. The number of benzene rings is 1. The average Bonchev–Trinajstić information content (AvgIpc) is 3.16. The summed E-state index contributed by atoms with van der Waals surface area (Å²) in [4.78, 5) is 32.5. The highest BCUT2D eigenvalue weighted by molar-refractivity contribution is 5.68. The van der Waals surface area contributed by atoms with Gasteiger partial charge in [0.2, 0.25) is 11.2 Å². The molecule has 5 rings (SSSR count). The first kappa shape index (κ1) is 19.2. The molecule has 1 N–H and O–H groups in total. The van der Waals surface area contributed by atoms with Crippen LogP contribution in [0.1, 0.15) is 49.7 Å². The Morgan fingerprint density at radius 2 is 1.93 bits per heavy atom. The van der Waals surface area contributed by atoms with Crippen molar-refractivity contribution in [3.8, 4) is 0 Å². The number of imidazole rings is 1. The molecular formula is C23H30N5O2+. The second-order valence-corrected chi connectivity index (χ2v) is 8.86. The number of H-pyrrole nitrogens is 1. The number of nitrogens with zero attached hydrogens (tertiary/aromatic N) is 4. The van der Waals surface area contributed by atoms with Crippen LogP contribution in [-0.4, -0.2) is 26.7 Å².